The lowest BCUT2D eigenvalue weighted by Gasteiger charge is -2.01. The van der Waals surface area contributed by atoms with E-state index < -0.39 is 4.92 Å². The van der Waals surface area contributed by atoms with Gasteiger partial charge < -0.3 is 5.73 Å². The van der Waals surface area contributed by atoms with Crippen molar-refractivity contribution in [2.75, 3.05) is 0 Å². The van der Waals surface area contributed by atoms with E-state index >= 15 is 0 Å². The molecule has 7 heteroatoms. The molecule has 6 nitrogen and oxygen atoms in total. The second kappa shape index (κ2) is 7.96. The Labute approximate surface area is 128 Å². The zero-order valence-electron chi connectivity index (χ0n) is 11.2. The Morgan fingerprint density at radius 1 is 1.24 bits per heavy atom. The Hall–Kier alpha value is -2.47. The molecule has 1 heterocycles. The van der Waals surface area contributed by atoms with E-state index in [2.05, 4.69) is 9.98 Å². The van der Waals surface area contributed by atoms with E-state index in [9.17, 15) is 10.1 Å². The van der Waals surface area contributed by atoms with E-state index in [0.29, 0.717) is 24.5 Å². The highest BCUT2D eigenvalue weighted by Gasteiger charge is 2.04. The van der Waals surface area contributed by atoms with Gasteiger partial charge in [0.1, 0.15) is 5.84 Å². The molecular formula is C14H15ClN4O2. The van der Waals surface area contributed by atoms with Crippen LogP contribution < -0.4 is 5.73 Å². The molecule has 0 saturated carbocycles. The molecule has 0 atom stereocenters. The molecule has 0 bridgehead atoms. The number of nitrogens with zero attached hydrogens (tertiary/aromatic N) is 3. The lowest BCUT2D eigenvalue weighted by molar-refractivity contribution is -0.384. The molecule has 0 radical (unpaired) electrons. The quantitative estimate of drug-likeness (QED) is 0.397. The van der Waals surface area contributed by atoms with Crippen LogP contribution in [0, 0.1) is 10.1 Å². The number of amidine groups is 1. The molecule has 1 aromatic heterocycles. The van der Waals surface area contributed by atoms with Crippen molar-refractivity contribution in [3.63, 3.8) is 0 Å². The SMILES string of the molecule is Cl.N/C(CCc1ccc([N+](=O)[O-])cc1)=N\c1ccccn1. The minimum Gasteiger partial charge on any atom is -0.387 e. The Morgan fingerprint density at radius 3 is 2.52 bits per heavy atom. The van der Waals surface area contributed by atoms with Crippen molar-refractivity contribution in [3.05, 3.63) is 64.3 Å². The van der Waals surface area contributed by atoms with Crippen molar-refractivity contribution >= 4 is 29.7 Å². The summed E-state index contributed by atoms with van der Waals surface area (Å²) in [6.07, 6.45) is 2.91. The number of non-ortho nitro benzene ring substituents is 1. The minimum absolute atomic E-state index is 0. The molecule has 0 aliphatic heterocycles. The average molecular weight is 307 g/mol. The first kappa shape index (κ1) is 16.6. The lowest BCUT2D eigenvalue weighted by Crippen LogP contribution is -2.12. The smallest absolute Gasteiger partial charge is 0.269 e. The Kier molecular flexibility index (Phi) is 6.29. The van der Waals surface area contributed by atoms with Gasteiger partial charge in [0, 0.05) is 24.8 Å². The van der Waals surface area contributed by atoms with E-state index in [1.165, 1.54) is 12.1 Å². The Morgan fingerprint density at radius 2 is 1.95 bits per heavy atom. The van der Waals surface area contributed by atoms with Crippen LogP contribution in [0.25, 0.3) is 0 Å². The van der Waals surface area contributed by atoms with Gasteiger partial charge in [0.05, 0.1) is 4.92 Å². The lowest BCUT2D eigenvalue weighted by atomic mass is 10.1. The first-order chi connectivity index (χ1) is 9.65. The van der Waals surface area contributed by atoms with Crippen LogP contribution in [-0.2, 0) is 6.42 Å². The van der Waals surface area contributed by atoms with Gasteiger partial charge in [-0.2, -0.15) is 0 Å². The molecule has 0 aliphatic carbocycles. The molecule has 0 saturated heterocycles. The number of nitro benzene ring substituents is 1. The van der Waals surface area contributed by atoms with Crippen molar-refractivity contribution in [2.24, 2.45) is 10.7 Å². The second-order valence-corrected chi connectivity index (χ2v) is 4.21. The molecule has 2 rings (SSSR count). The number of pyridine rings is 1. The maximum Gasteiger partial charge on any atom is 0.269 e. The van der Waals surface area contributed by atoms with Gasteiger partial charge >= 0.3 is 0 Å². The predicted octanol–water partition coefficient (Wildman–Crippen LogP) is 3.03. The normalized spacial score (nSPS) is 10.8. The van der Waals surface area contributed by atoms with Gasteiger partial charge in [-0.25, -0.2) is 9.98 Å². The van der Waals surface area contributed by atoms with Crippen LogP contribution in [0.15, 0.2) is 53.7 Å². The summed E-state index contributed by atoms with van der Waals surface area (Å²) >= 11 is 0. The van der Waals surface area contributed by atoms with Crippen molar-refractivity contribution < 1.29 is 4.92 Å². The highest BCUT2D eigenvalue weighted by Crippen LogP contribution is 2.13. The molecule has 21 heavy (non-hydrogen) atoms. The molecule has 0 fully saturated rings. The summed E-state index contributed by atoms with van der Waals surface area (Å²) in [6.45, 7) is 0. The highest BCUT2D eigenvalue weighted by molar-refractivity contribution is 5.85. The zero-order valence-corrected chi connectivity index (χ0v) is 12.0. The molecule has 0 unspecified atom stereocenters. The number of nitrogens with two attached hydrogens (primary N) is 1. The van der Waals surface area contributed by atoms with Crippen LogP contribution in [0.1, 0.15) is 12.0 Å². The summed E-state index contributed by atoms with van der Waals surface area (Å²) in [6, 6.07) is 11.9. The summed E-state index contributed by atoms with van der Waals surface area (Å²) in [4.78, 5) is 18.4. The number of benzene rings is 1. The molecule has 110 valence electrons. The van der Waals surface area contributed by atoms with Gasteiger partial charge in [-0.1, -0.05) is 18.2 Å². The minimum atomic E-state index is -0.416. The zero-order chi connectivity index (χ0) is 14.4. The molecule has 2 aromatic rings. The molecular weight excluding hydrogens is 292 g/mol. The van der Waals surface area contributed by atoms with E-state index in [0.717, 1.165) is 5.56 Å². The molecule has 0 spiro atoms. The molecule has 0 aliphatic rings. The molecule has 0 amide bonds. The van der Waals surface area contributed by atoms with Gasteiger partial charge in [-0.05, 0) is 24.1 Å². The van der Waals surface area contributed by atoms with Gasteiger partial charge in [0.2, 0.25) is 0 Å². The summed E-state index contributed by atoms with van der Waals surface area (Å²) in [5, 5.41) is 10.5. The fourth-order valence-electron chi connectivity index (χ4n) is 1.68. The molecule has 1 aromatic carbocycles. The third-order valence-electron chi connectivity index (χ3n) is 2.72. The van der Waals surface area contributed by atoms with E-state index in [4.69, 9.17) is 5.73 Å². The number of aryl methyl sites for hydroxylation is 1. The van der Waals surface area contributed by atoms with Crippen molar-refractivity contribution in [2.45, 2.75) is 12.8 Å². The fraction of sp³-hybridized carbons (Fsp3) is 0.143. The Bertz CT molecular complexity index is 615. The van der Waals surface area contributed by atoms with E-state index in [1.54, 1.807) is 24.4 Å². The van der Waals surface area contributed by atoms with Crippen LogP contribution in [-0.4, -0.2) is 15.7 Å². The summed E-state index contributed by atoms with van der Waals surface area (Å²) in [5.74, 6) is 1.07. The van der Waals surface area contributed by atoms with Gasteiger partial charge in [0.15, 0.2) is 5.82 Å². The van der Waals surface area contributed by atoms with Crippen molar-refractivity contribution in [1.29, 1.82) is 0 Å². The standard InChI is InChI=1S/C14H14N4O2.ClH/c15-13(17-14-3-1-2-10-16-14)9-6-11-4-7-12(8-5-11)18(19)20;/h1-5,7-8,10H,6,9H2,(H2,15,16,17);1H. The number of aliphatic imine (C=N–C) groups is 1. The number of hydrogen-bond acceptors (Lipinski definition) is 4. The maximum atomic E-state index is 10.5. The predicted molar refractivity (Wildman–Crippen MR) is 84.2 cm³/mol. The second-order valence-electron chi connectivity index (χ2n) is 4.21. The van der Waals surface area contributed by atoms with Crippen LogP contribution in [0.2, 0.25) is 0 Å². The molecule has 2 N–H and O–H groups in total. The maximum absolute atomic E-state index is 10.5. The highest BCUT2D eigenvalue weighted by atomic mass is 35.5. The van der Waals surface area contributed by atoms with E-state index in [-0.39, 0.29) is 18.1 Å². The summed E-state index contributed by atoms with van der Waals surface area (Å²) in [5.41, 5.74) is 6.90. The number of rotatable bonds is 5. The largest absolute Gasteiger partial charge is 0.387 e. The monoisotopic (exact) mass is 306 g/mol. The van der Waals surface area contributed by atoms with Gasteiger partial charge in [-0.15, -0.1) is 12.4 Å². The van der Waals surface area contributed by atoms with Crippen LogP contribution in [0.3, 0.4) is 0 Å². The summed E-state index contributed by atoms with van der Waals surface area (Å²) < 4.78 is 0. The van der Waals surface area contributed by atoms with Crippen LogP contribution >= 0.6 is 12.4 Å². The van der Waals surface area contributed by atoms with Crippen LogP contribution in [0.5, 0.6) is 0 Å². The number of nitro groups is 1. The van der Waals surface area contributed by atoms with Crippen molar-refractivity contribution in [1.82, 2.24) is 4.98 Å². The first-order valence-corrected chi connectivity index (χ1v) is 6.12. The summed E-state index contributed by atoms with van der Waals surface area (Å²) in [7, 11) is 0. The van der Waals surface area contributed by atoms with E-state index in [1.807, 2.05) is 12.1 Å². The fourth-order valence-corrected chi connectivity index (χ4v) is 1.68. The third kappa shape index (κ3) is 5.19. The van der Waals surface area contributed by atoms with Crippen LogP contribution in [0.4, 0.5) is 11.5 Å². The first-order valence-electron chi connectivity index (χ1n) is 6.12. The number of aromatic nitrogens is 1. The number of halogens is 1. The average Bonchev–Trinajstić information content (AvgIpc) is 2.46. The van der Waals surface area contributed by atoms with Gasteiger partial charge in [0.25, 0.3) is 5.69 Å². The van der Waals surface area contributed by atoms with Gasteiger partial charge in [-0.3, -0.25) is 10.1 Å². The topological polar surface area (TPSA) is 94.4 Å². The third-order valence-corrected chi connectivity index (χ3v) is 2.72. The number of hydrogen-bond donors (Lipinski definition) is 1. The van der Waals surface area contributed by atoms with Crippen molar-refractivity contribution in [3.8, 4) is 0 Å². The Balaban J connectivity index is 0.00000220.